The molecule has 0 aromatic carbocycles. The topological polar surface area (TPSA) is 112 Å². The van der Waals surface area contributed by atoms with Crippen LogP contribution in [0, 0.1) is 0 Å². The highest BCUT2D eigenvalue weighted by Crippen LogP contribution is 2.31. The molecule has 2 aromatic heterocycles. The van der Waals surface area contributed by atoms with Gasteiger partial charge >= 0.3 is 5.69 Å². The van der Waals surface area contributed by atoms with Crippen molar-refractivity contribution >= 4 is 17.4 Å². The first kappa shape index (κ1) is 12.4. The Kier molecular flexibility index (Phi) is 3.51. The summed E-state index contributed by atoms with van der Waals surface area (Å²) in [5.74, 6) is 0.329. The molecular weight excluding hydrogens is 256 g/mol. The summed E-state index contributed by atoms with van der Waals surface area (Å²) in [7, 11) is 1.61. The van der Waals surface area contributed by atoms with E-state index >= 15 is 0 Å². The third-order valence-corrected chi connectivity index (χ3v) is 3.18. The molecule has 0 aliphatic carbocycles. The molecule has 9 heteroatoms. The van der Waals surface area contributed by atoms with E-state index in [4.69, 9.17) is 10.5 Å². The lowest BCUT2D eigenvalue weighted by molar-refractivity contribution is 0.327. The molecule has 0 aliphatic rings. The van der Waals surface area contributed by atoms with Gasteiger partial charge in [0.2, 0.25) is 5.88 Å². The summed E-state index contributed by atoms with van der Waals surface area (Å²) >= 11 is 1.17. The van der Waals surface area contributed by atoms with Gasteiger partial charge in [-0.25, -0.2) is 14.9 Å². The summed E-state index contributed by atoms with van der Waals surface area (Å²) in [6.07, 6.45) is 1.36. The molecule has 2 rings (SSSR count). The minimum Gasteiger partial charge on any atom is -0.476 e. The van der Waals surface area contributed by atoms with Crippen molar-refractivity contribution in [2.75, 3.05) is 12.3 Å². The zero-order valence-electron chi connectivity index (χ0n) is 9.88. The number of hydrogen-bond donors (Lipinski definition) is 2. The quantitative estimate of drug-likeness (QED) is 0.752. The Labute approximate surface area is 107 Å². The molecule has 0 saturated heterocycles. The fourth-order valence-corrected chi connectivity index (χ4v) is 1.99. The van der Waals surface area contributed by atoms with Gasteiger partial charge in [0.05, 0.1) is 6.61 Å². The molecule has 0 fully saturated rings. The molecule has 0 saturated carbocycles. The van der Waals surface area contributed by atoms with Gasteiger partial charge in [-0.3, -0.25) is 4.57 Å². The van der Waals surface area contributed by atoms with E-state index < -0.39 is 0 Å². The van der Waals surface area contributed by atoms with Gasteiger partial charge < -0.3 is 10.5 Å². The maximum Gasteiger partial charge on any atom is 0.343 e. The summed E-state index contributed by atoms with van der Waals surface area (Å²) < 4.78 is 6.63. The minimum absolute atomic E-state index is 0.296. The molecule has 0 amide bonds. The van der Waals surface area contributed by atoms with Gasteiger partial charge in [-0.15, -0.1) is 5.10 Å². The Hall–Kier alpha value is -2.03. The van der Waals surface area contributed by atoms with Gasteiger partial charge in [0, 0.05) is 7.05 Å². The highest BCUT2D eigenvalue weighted by molar-refractivity contribution is 7.99. The normalized spacial score (nSPS) is 10.6. The standard InChI is InChI=1S/C9H12N6O2S/c1-3-17-6-5(10)7(12-4-11-6)18-9-14-13-8(16)15(9)2/h4H,3,10H2,1-2H3,(H,13,16). The summed E-state index contributed by atoms with van der Waals surface area (Å²) in [4.78, 5) is 19.2. The van der Waals surface area contributed by atoms with Crippen LogP contribution in [-0.4, -0.2) is 31.3 Å². The predicted octanol–water partition coefficient (Wildman–Crippen LogP) is 0.0305. The van der Waals surface area contributed by atoms with Crippen LogP contribution in [0.15, 0.2) is 21.3 Å². The molecule has 18 heavy (non-hydrogen) atoms. The second-order valence-corrected chi connectivity index (χ2v) is 4.26. The minimum atomic E-state index is -0.296. The van der Waals surface area contributed by atoms with E-state index in [0.29, 0.717) is 28.4 Å². The van der Waals surface area contributed by atoms with E-state index in [9.17, 15) is 4.79 Å². The number of ether oxygens (including phenoxy) is 1. The molecule has 96 valence electrons. The Bertz CT molecular complexity index is 607. The molecular formula is C9H12N6O2S. The van der Waals surface area contributed by atoms with Crippen molar-refractivity contribution in [1.29, 1.82) is 0 Å². The number of aromatic amines is 1. The summed E-state index contributed by atoms with van der Waals surface area (Å²) in [6.45, 7) is 2.30. The van der Waals surface area contributed by atoms with Crippen LogP contribution < -0.4 is 16.2 Å². The summed E-state index contributed by atoms with van der Waals surface area (Å²) in [5, 5.41) is 7.16. The highest BCUT2D eigenvalue weighted by atomic mass is 32.2. The number of nitrogens with zero attached hydrogens (tertiary/aromatic N) is 4. The lowest BCUT2D eigenvalue weighted by Gasteiger charge is -2.07. The fourth-order valence-electron chi connectivity index (χ4n) is 1.21. The van der Waals surface area contributed by atoms with Crippen molar-refractivity contribution in [3.8, 4) is 5.88 Å². The van der Waals surface area contributed by atoms with Gasteiger partial charge in [-0.2, -0.15) is 4.98 Å². The number of rotatable bonds is 4. The number of H-pyrrole nitrogens is 1. The Morgan fingerprint density at radius 2 is 2.33 bits per heavy atom. The van der Waals surface area contributed by atoms with Crippen LogP contribution in [0.1, 0.15) is 6.92 Å². The number of aromatic nitrogens is 5. The summed E-state index contributed by atoms with van der Waals surface area (Å²) in [6, 6.07) is 0. The Morgan fingerprint density at radius 3 is 2.94 bits per heavy atom. The van der Waals surface area contributed by atoms with E-state index in [1.807, 2.05) is 6.92 Å². The van der Waals surface area contributed by atoms with Crippen LogP contribution in [-0.2, 0) is 7.05 Å². The van der Waals surface area contributed by atoms with Crippen molar-refractivity contribution in [1.82, 2.24) is 24.7 Å². The molecule has 2 aromatic rings. The maximum absolute atomic E-state index is 11.2. The Morgan fingerprint density at radius 1 is 1.56 bits per heavy atom. The molecule has 0 spiro atoms. The van der Waals surface area contributed by atoms with Gasteiger partial charge in [0.25, 0.3) is 0 Å². The predicted molar refractivity (Wildman–Crippen MR) is 65.6 cm³/mol. The van der Waals surface area contributed by atoms with E-state index in [1.54, 1.807) is 7.05 Å². The number of nitrogens with two attached hydrogens (primary N) is 1. The van der Waals surface area contributed by atoms with Crippen molar-refractivity contribution in [3.05, 3.63) is 16.8 Å². The van der Waals surface area contributed by atoms with Crippen molar-refractivity contribution in [2.24, 2.45) is 7.05 Å². The van der Waals surface area contributed by atoms with Crippen LogP contribution in [0.3, 0.4) is 0 Å². The van der Waals surface area contributed by atoms with Gasteiger partial charge in [0.15, 0.2) is 5.16 Å². The van der Waals surface area contributed by atoms with Crippen LogP contribution in [0.5, 0.6) is 5.88 Å². The van der Waals surface area contributed by atoms with Crippen LogP contribution in [0.25, 0.3) is 0 Å². The molecule has 0 bridgehead atoms. The van der Waals surface area contributed by atoms with Crippen LogP contribution >= 0.6 is 11.8 Å². The molecule has 0 aliphatic heterocycles. The molecule has 0 atom stereocenters. The smallest absolute Gasteiger partial charge is 0.343 e. The SMILES string of the molecule is CCOc1ncnc(Sc2n[nH]c(=O)n2C)c1N. The molecule has 2 heterocycles. The molecule has 0 unspecified atom stereocenters. The van der Waals surface area contributed by atoms with Crippen molar-refractivity contribution < 1.29 is 4.74 Å². The van der Waals surface area contributed by atoms with Gasteiger partial charge in [-0.05, 0) is 18.7 Å². The Balaban J connectivity index is 2.32. The second kappa shape index (κ2) is 5.08. The number of nitrogen functional groups attached to an aromatic ring is 1. The first-order valence-electron chi connectivity index (χ1n) is 5.16. The third kappa shape index (κ3) is 2.30. The van der Waals surface area contributed by atoms with Gasteiger partial charge in [0.1, 0.15) is 17.0 Å². The first-order chi connectivity index (χ1) is 8.63. The zero-order valence-corrected chi connectivity index (χ0v) is 10.7. The lowest BCUT2D eigenvalue weighted by Crippen LogP contribution is -2.13. The average molecular weight is 268 g/mol. The zero-order chi connectivity index (χ0) is 13.1. The molecule has 8 nitrogen and oxygen atoms in total. The maximum atomic E-state index is 11.2. The number of hydrogen-bond acceptors (Lipinski definition) is 7. The molecule has 3 N–H and O–H groups in total. The average Bonchev–Trinajstić information content (AvgIpc) is 2.66. The lowest BCUT2D eigenvalue weighted by atomic mass is 10.5. The third-order valence-electron chi connectivity index (χ3n) is 2.12. The monoisotopic (exact) mass is 268 g/mol. The fraction of sp³-hybridized carbons (Fsp3) is 0.333. The van der Waals surface area contributed by atoms with Crippen LogP contribution in [0.2, 0.25) is 0 Å². The van der Waals surface area contributed by atoms with Gasteiger partial charge in [-0.1, -0.05) is 0 Å². The van der Waals surface area contributed by atoms with Crippen molar-refractivity contribution in [3.63, 3.8) is 0 Å². The number of nitrogens with one attached hydrogen (secondary N) is 1. The largest absolute Gasteiger partial charge is 0.476 e. The van der Waals surface area contributed by atoms with E-state index in [-0.39, 0.29) is 5.69 Å². The van der Waals surface area contributed by atoms with E-state index in [0.717, 1.165) is 0 Å². The van der Waals surface area contributed by atoms with Crippen LogP contribution in [0.4, 0.5) is 5.69 Å². The highest BCUT2D eigenvalue weighted by Gasteiger charge is 2.13. The van der Waals surface area contributed by atoms with E-state index in [1.165, 1.54) is 22.7 Å². The van der Waals surface area contributed by atoms with Crippen molar-refractivity contribution in [2.45, 2.75) is 17.1 Å². The van der Waals surface area contributed by atoms with E-state index in [2.05, 4.69) is 20.2 Å². The first-order valence-corrected chi connectivity index (χ1v) is 5.97. The summed E-state index contributed by atoms with van der Waals surface area (Å²) in [5.41, 5.74) is 5.91. The molecule has 0 radical (unpaired) electrons. The number of anilines is 1. The second-order valence-electron chi connectivity index (χ2n) is 3.30.